The van der Waals surface area contributed by atoms with E-state index in [0.29, 0.717) is 0 Å². The van der Waals surface area contributed by atoms with Crippen LogP contribution in [0.15, 0.2) is 0 Å². The molecule has 1 atom stereocenters. The lowest BCUT2D eigenvalue weighted by Crippen LogP contribution is -2.50. The van der Waals surface area contributed by atoms with Crippen LogP contribution >= 0.6 is 0 Å². The molecule has 0 spiro atoms. The molecule has 4 nitrogen and oxygen atoms in total. The monoisotopic (exact) mass is 187 g/mol. The van der Waals surface area contributed by atoms with Gasteiger partial charge < -0.3 is 9.84 Å². The van der Waals surface area contributed by atoms with Crippen LogP contribution in [0, 0.1) is 0 Å². The van der Waals surface area contributed by atoms with Crippen LogP contribution < -0.4 is 0 Å². The molecule has 0 aliphatic carbocycles. The maximum absolute atomic E-state index is 11.3. The normalized spacial score (nSPS) is 20.6. The third-order valence-electron chi connectivity index (χ3n) is 1.85. The van der Waals surface area contributed by atoms with Gasteiger partial charge in [0, 0.05) is 13.1 Å². The highest BCUT2D eigenvalue weighted by Gasteiger charge is 2.31. The highest BCUT2D eigenvalue weighted by molar-refractivity contribution is 5.74. The summed E-state index contributed by atoms with van der Waals surface area (Å²) in [6.45, 7) is 6.91. The molecule has 0 aromatic carbocycles. The van der Waals surface area contributed by atoms with E-state index in [4.69, 9.17) is 4.74 Å². The maximum atomic E-state index is 11.3. The number of hydrogen-bond donors (Lipinski definition) is 1. The Kier molecular flexibility index (Phi) is 2.93. The van der Waals surface area contributed by atoms with Gasteiger partial charge in [0.1, 0.15) is 5.60 Å². The van der Waals surface area contributed by atoms with Crippen LogP contribution in [0.4, 0.5) is 0 Å². The average molecular weight is 187 g/mol. The van der Waals surface area contributed by atoms with E-state index < -0.39 is 17.8 Å². The summed E-state index contributed by atoms with van der Waals surface area (Å²) in [4.78, 5) is 13.0. The van der Waals surface area contributed by atoms with Gasteiger partial charge in [0.15, 0.2) is 0 Å². The minimum atomic E-state index is -1.08. The Morgan fingerprint density at radius 2 is 2.00 bits per heavy atom. The molecular formula is C9H17NO3. The van der Waals surface area contributed by atoms with E-state index in [1.54, 1.807) is 25.7 Å². The van der Waals surface area contributed by atoms with Gasteiger partial charge in [-0.15, -0.1) is 0 Å². The highest BCUT2D eigenvalue weighted by atomic mass is 16.6. The average Bonchev–Trinajstić information content (AvgIpc) is 1.78. The molecular weight excluding hydrogens is 170 g/mol. The molecule has 1 heterocycles. The summed E-state index contributed by atoms with van der Waals surface area (Å²) < 4.78 is 5.03. The lowest BCUT2D eigenvalue weighted by atomic mass is 10.2. The largest absolute Gasteiger partial charge is 0.457 e. The number of carbonyl (C=O) groups excluding carboxylic acids is 1. The van der Waals surface area contributed by atoms with Gasteiger partial charge in [0.25, 0.3) is 0 Å². The third kappa shape index (κ3) is 2.97. The zero-order chi connectivity index (χ0) is 10.1. The number of ether oxygens (including phenoxy) is 1. The summed E-state index contributed by atoms with van der Waals surface area (Å²) in [5.41, 5.74) is -0.525. The first-order valence-electron chi connectivity index (χ1n) is 4.55. The Bertz CT molecular complexity index is 194. The lowest BCUT2D eigenvalue weighted by molar-refractivity contribution is -0.179. The van der Waals surface area contributed by atoms with E-state index in [2.05, 4.69) is 0 Å². The number of aliphatic hydroxyl groups excluding tert-OH is 1. The van der Waals surface area contributed by atoms with Crippen LogP contribution in [0.5, 0.6) is 0 Å². The van der Waals surface area contributed by atoms with Gasteiger partial charge in [-0.2, -0.15) is 0 Å². The van der Waals surface area contributed by atoms with Crippen molar-refractivity contribution in [3.05, 3.63) is 0 Å². The Balaban J connectivity index is 2.38. The molecule has 1 saturated heterocycles. The first-order chi connectivity index (χ1) is 5.90. The third-order valence-corrected chi connectivity index (χ3v) is 1.85. The second-order valence-electron chi connectivity index (χ2n) is 4.30. The fourth-order valence-corrected chi connectivity index (χ4v) is 1.09. The molecule has 4 heteroatoms. The van der Waals surface area contributed by atoms with Crippen molar-refractivity contribution in [1.82, 2.24) is 4.90 Å². The van der Waals surface area contributed by atoms with Crippen molar-refractivity contribution in [2.45, 2.75) is 39.0 Å². The van der Waals surface area contributed by atoms with E-state index in [1.165, 1.54) is 0 Å². The maximum Gasteiger partial charge on any atom is 0.351 e. The number of rotatable bonds is 2. The standard InChI is InChI=1S/C9H17NO3/c1-9(2,3)13-8(12)7(11)10-5-4-6-10/h7,11H,4-6H2,1-3H3/t7-/m0/s1. The fraction of sp³-hybridized carbons (Fsp3) is 0.889. The van der Waals surface area contributed by atoms with Crippen LogP contribution in [0.3, 0.4) is 0 Å². The van der Waals surface area contributed by atoms with Crippen molar-refractivity contribution in [2.24, 2.45) is 0 Å². The number of esters is 1. The van der Waals surface area contributed by atoms with Gasteiger partial charge in [0.2, 0.25) is 6.23 Å². The van der Waals surface area contributed by atoms with Crippen molar-refractivity contribution in [3.63, 3.8) is 0 Å². The van der Waals surface area contributed by atoms with Gasteiger partial charge in [-0.05, 0) is 27.2 Å². The second kappa shape index (κ2) is 3.64. The van der Waals surface area contributed by atoms with Gasteiger partial charge in [-0.1, -0.05) is 0 Å². The zero-order valence-electron chi connectivity index (χ0n) is 8.41. The van der Waals surface area contributed by atoms with E-state index in [-0.39, 0.29) is 0 Å². The van der Waals surface area contributed by atoms with Crippen molar-refractivity contribution < 1.29 is 14.6 Å². The predicted octanol–water partition coefficient (Wildman–Crippen LogP) is 0.352. The molecule has 1 N–H and O–H groups in total. The van der Waals surface area contributed by atoms with E-state index in [9.17, 15) is 9.90 Å². The lowest BCUT2D eigenvalue weighted by Gasteiger charge is -2.34. The molecule has 13 heavy (non-hydrogen) atoms. The quantitative estimate of drug-likeness (QED) is 0.634. The van der Waals surface area contributed by atoms with Crippen LogP contribution in [0.1, 0.15) is 27.2 Å². The first-order valence-corrected chi connectivity index (χ1v) is 4.55. The predicted molar refractivity (Wildman–Crippen MR) is 48.0 cm³/mol. The van der Waals surface area contributed by atoms with Crippen molar-refractivity contribution in [1.29, 1.82) is 0 Å². The van der Waals surface area contributed by atoms with Crippen LogP contribution in [0.2, 0.25) is 0 Å². The number of nitrogens with zero attached hydrogens (tertiary/aromatic N) is 1. The fourth-order valence-electron chi connectivity index (χ4n) is 1.09. The van der Waals surface area contributed by atoms with Crippen LogP contribution in [-0.4, -0.2) is 40.9 Å². The molecule has 0 bridgehead atoms. The van der Waals surface area contributed by atoms with E-state index >= 15 is 0 Å². The highest BCUT2D eigenvalue weighted by Crippen LogP contribution is 2.14. The summed E-state index contributed by atoms with van der Waals surface area (Å²) >= 11 is 0. The Labute approximate surface area is 78.5 Å². The minimum Gasteiger partial charge on any atom is -0.457 e. The number of carbonyl (C=O) groups is 1. The molecule has 0 amide bonds. The molecule has 1 rings (SSSR count). The Morgan fingerprint density at radius 3 is 2.31 bits per heavy atom. The topological polar surface area (TPSA) is 49.8 Å². The number of hydrogen-bond acceptors (Lipinski definition) is 4. The molecule has 1 aliphatic rings. The summed E-state index contributed by atoms with van der Waals surface area (Å²) in [5.74, 6) is -0.549. The summed E-state index contributed by atoms with van der Waals surface area (Å²) in [6, 6.07) is 0. The van der Waals surface area contributed by atoms with E-state index in [1.807, 2.05) is 0 Å². The SMILES string of the molecule is CC(C)(C)OC(=O)[C@H](O)N1CCC1. The van der Waals surface area contributed by atoms with Crippen LogP contribution in [-0.2, 0) is 9.53 Å². The summed E-state index contributed by atoms with van der Waals surface area (Å²) in [5, 5.41) is 9.45. The number of aliphatic hydroxyl groups is 1. The Morgan fingerprint density at radius 1 is 1.46 bits per heavy atom. The Hall–Kier alpha value is -0.610. The van der Waals surface area contributed by atoms with Gasteiger partial charge >= 0.3 is 5.97 Å². The summed E-state index contributed by atoms with van der Waals surface area (Å²) in [6.07, 6.45) is -0.0344. The van der Waals surface area contributed by atoms with Gasteiger partial charge in [0.05, 0.1) is 0 Å². The smallest absolute Gasteiger partial charge is 0.351 e. The minimum absolute atomic E-state index is 0.525. The molecule has 1 fully saturated rings. The second-order valence-corrected chi connectivity index (χ2v) is 4.30. The van der Waals surface area contributed by atoms with E-state index in [0.717, 1.165) is 19.5 Å². The van der Waals surface area contributed by atoms with Crippen molar-refractivity contribution in [2.75, 3.05) is 13.1 Å². The molecule has 1 aliphatic heterocycles. The van der Waals surface area contributed by atoms with Crippen LogP contribution in [0.25, 0.3) is 0 Å². The number of likely N-dealkylation sites (tertiary alicyclic amines) is 1. The molecule has 0 radical (unpaired) electrons. The van der Waals surface area contributed by atoms with Gasteiger partial charge in [-0.3, -0.25) is 4.90 Å². The van der Waals surface area contributed by atoms with Crippen molar-refractivity contribution in [3.8, 4) is 0 Å². The molecule has 0 aromatic heterocycles. The summed E-state index contributed by atoms with van der Waals surface area (Å²) in [7, 11) is 0. The molecule has 76 valence electrons. The first kappa shape index (κ1) is 10.5. The zero-order valence-corrected chi connectivity index (χ0v) is 8.41. The molecule has 0 aromatic rings. The van der Waals surface area contributed by atoms with Gasteiger partial charge in [-0.25, -0.2) is 4.79 Å². The molecule has 0 saturated carbocycles. The van der Waals surface area contributed by atoms with Crippen molar-refractivity contribution >= 4 is 5.97 Å². The molecule has 0 unspecified atom stereocenters.